The van der Waals surface area contributed by atoms with Crippen LogP contribution in [0.5, 0.6) is 0 Å². The van der Waals surface area contributed by atoms with Crippen LogP contribution in [0.1, 0.15) is 36.4 Å². The summed E-state index contributed by atoms with van der Waals surface area (Å²) in [5, 5.41) is 0.831. The largest absolute Gasteiger partial charge is 0.381 e. The van der Waals surface area contributed by atoms with E-state index in [9.17, 15) is 4.39 Å². The quantitative estimate of drug-likeness (QED) is 0.613. The van der Waals surface area contributed by atoms with Gasteiger partial charge in [-0.3, -0.25) is 0 Å². The summed E-state index contributed by atoms with van der Waals surface area (Å²) in [4.78, 5) is 8.89. The number of aromatic amines is 1. The standard InChI is InChI=1S/C21H23FN2OS/c1-26-18-4-2-15(3-5-18)19(10-14-6-8-25-9-7-14)20-12-16-11-17(22)13-23-21(16)24-20/h2-5,11-14,19H,6-10H2,1H3,(H,23,24). The molecule has 2 aromatic heterocycles. The summed E-state index contributed by atoms with van der Waals surface area (Å²) < 4.78 is 19.1. The van der Waals surface area contributed by atoms with Crippen LogP contribution >= 0.6 is 11.8 Å². The molecule has 1 aliphatic heterocycles. The molecule has 1 aliphatic rings. The van der Waals surface area contributed by atoms with Crippen LogP contribution < -0.4 is 0 Å². The number of H-pyrrole nitrogens is 1. The highest BCUT2D eigenvalue weighted by Gasteiger charge is 2.23. The Bertz CT molecular complexity index is 871. The van der Waals surface area contributed by atoms with Gasteiger partial charge in [0.1, 0.15) is 11.5 Å². The van der Waals surface area contributed by atoms with Crippen molar-refractivity contribution in [2.75, 3.05) is 19.5 Å². The van der Waals surface area contributed by atoms with Gasteiger partial charge >= 0.3 is 0 Å². The number of benzene rings is 1. The predicted octanol–water partition coefficient (Wildman–Crippen LogP) is 5.37. The Labute approximate surface area is 157 Å². The molecule has 0 aliphatic carbocycles. The minimum atomic E-state index is -0.298. The number of nitrogens with one attached hydrogen (secondary N) is 1. The Kier molecular flexibility index (Phi) is 5.27. The van der Waals surface area contributed by atoms with Crippen molar-refractivity contribution in [3.63, 3.8) is 0 Å². The second-order valence-electron chi connectivity index (χ2n) is 6.93. The van der Waals surface area contributed by atoms with Crippen molar-refractivity contribution in [2.45, 2.75) is 30.1 Å². The zero-order chi connectivity index (χ0) is 17.9. The average Bonchev–Trinajstić information content (AvgIpc) is 3.10. The summed E-state index contributed by atoms with van der Waals surface area (Å²) in [6.45, 7) is 1.70. The summed E-state index contributed by atoms with van der Waals surface area (Å²) in [5.74, 6) is 0.602. The smallest absolute Gasteiger partial charge is 0.142 e. The fraction of sp³-hybridized carbons (Fsp3) is 0.381. The van der Waals surface area contributed by atoms with E-state index >= 15 is 0 Å². The molecular formula is C21H23FN2OS. The number of aromatic nitrogens is 2. The van der Waals surface area contributed by atoms with Crippen LogP contribution in [0.3, 0.4) is 0 Å². The SMILES string of the molecule is CSc1ccc(C(CC2CCOCC2)c2cc3cc(F)cnc3[nH]2)cc1. The van der Waals surface area contributed by atoms with E-state index in [0.717, 1.165) is 49.2 Å². The molecule has 1 unspecified atom stereocenters. The van der Waals surface area contributed by atoms with Crippen molar-refractivity contribution >= 4 is 22.8 Å². The molecule has 1 N–H and O–H groups in total. The highest BCUT2D eigenvalue weighted by Crippen LogP contribution is 2.36. The molecular weight excluding hydrogens is 347 g/mol. The molecule has 3 nitrogen and oxygen atoms in total. The Morgan fingerprint density at radius 3 is 2.73 bits per heavy atom. The molecule has 0 radical (unpaired) electrons. The van der Waals surface area contributed by atoms with Crippen LogP contribution in [-0.4, -0.2) is 29.4 Å². The van der Waals surface area contributed by atoms with E-state index in [-0.39, 0.29) is 11.7 Å². The fourth-order valence-corrected chi connectivity index (χ4v) is 4.20. The van der Waals surface area contributed by atoms with E-state index < -0.39 is 0 Å². The maximum absolute atomic E-state index is 13.5. The monoisotopic (exact) mass is 370 g/mol. The number of ether oxygens (including phenoxy) is 1. The van der Waals surface area contributed by atoms with Gasteiger partial charge in [-0.2, -0.15) is 0 Å². The third kappa shape index (κ3) is 3.79. The summed E-state index contributed by atoms with van der Waals surface area (Å²) in [6, 6.07) is 12.4. The van der Waals surface area contributed by atoms with E-state index in [1.807, 2.05) is 0 Å². The fourth-order valence-electron chi connectivity index (χ4n) is 3.79. The summed E-state index contributed by atoms with van der Waals surface area (Å²) in [7, 11) is 0. The van der Waals surface area contributed by atoms with Crippen LogP contribution in [-0.2, 0) is 4.74 Å². The summed E-state index contributed by atoms with van der Waals surface area (Å²) in [5.41, 5.74) is 3.15. The van der Waals surface area contributed by atoms with Crippen molar-refractivity contribution < 1.29 is 9.13 Å². The summed E-state index contributed by atoms with van der Waals surface area (Å²) in [6.07, 6.45) is 6.63. The van der Waals surface area contributed by atoms with E-state index in [1.54, 1.807) is 17.8 Å². The first-order valence-electron chi connectivity index (χ1n) is 9.09. The van der Waals surface area contributed by atoms with E-state index in [0.29, 0.717) is 5.92 Å². The number of hydrogen-bond donors (Lipinski definition) is 1. The average molecular weight is 370 g/mol. The van der Waals surface area contributed by atoms with Gasteiger partial charge < -0.3 is 9.72 Å². The predicted molar refractivity (Wildman–Crippen MR) is 104 cm³/mol. The maximum atomic E-state index is 13.5. The molecule has 1 atom stereocenters. The molecule has 1 saturated heterocycles. The zero-order valence-electron chi connectivity index (χ0n) is 14.9. The molecule has 4 rings (SSSR count). The highest BCUT2D eigenvalue weighted by atomic mass is 32.2. The van der Waals surface area contributed by atoms with Gasteiger partial charge in [0.25, 0.3) is 0 Å². The van der Waals surface area contributed by atoms with Gasteiger partial charge in [-0.1, -0.05) is 12.1 Å². The van der Waals surface area contributed by atoms with Gasteiger partial charge in [-0.15, -0.1) is 11.8 Å². The van der Waals surface area contributed by atoms with Gasteiger partial charge in [-0.25, -0.2) is 9.37 Å². The van der Waals surface area contributed by atoms with Gasteiger partial charge in [-0.05, 0) is 61.3 Å². The van der Waals surface area contributed by atoms with Crippen molar-refractivity contribution in [2.24, 2.45) is 5.92 Å². The van der Waals surface area contributed by atoms with Crippen LogP contribution in [0, 0.1) is 11.7 Å². The highest BCUT2D eigenvalue weighted by molar-refractivity contribution is 7.98. The van der Waals surface area contributed by atoms with Gasteiger partial charge in [0, 0.05) is 35.1 Å². The molecule has 26 heavy (non-hydrogen) atoms. The second kappa shape index (κ2) is 7.80. The number of rotatable bonds is 5. The van der Waals surface area contributed by atoms with Crippen LogP contribution in [0.2, 0.25) is 0 Å². The molecule has 3 aromatic rings. The molecule has 136 valence electrons. The number of thioether (sulfide) groups is 1. The van der Waals surface area contributed by atoms with Crippen molar-refractivity contribution in [1.82, 2.24) is 9.97 Å². The lowest BCUT2D eigenvalue weighted by molar-refractivity contribution is 0.0626. The molecule has 0 amide bonds. The van der Waals surface area contributed by atoms with Gasteiger partial charge in [0.2, 0.25) is 0 Å². The Morgan fingerprint density at radius 1 is 1.23 bits per heavy atom. The van der Waals surface area contributed by atoms with E-state index in [1.165, 1.54) is 16.7 Å². The van der Waals surface area contributed by atoms with Crippen molar-refractivity contribution in [3.8, 4) is 0 Å². The molecule has 1 fully saturated rings. The molecule has 1 aromatic carbocycles. The Balaban J connectivity index is 1.69. The normalized spacial score (nSPS) is 16.8. The zero-order valence-corrected chi connectivity index (χ0v) is 15.7. The lowest BCUT2D eigenvalue weighted by Crippen LogP contribution is -2.18. The number of pyridine rings is 1. The lowest BCUT2D eigenvalue weighted by Gasteiger charge is -2.26. The number of hydrogen-bond acceptors (Lipinski definition) is 3. The first-order valence-corrected chi connectivity index (χ1v) is 10.3. The number of fused-ring (bicyclic) bond motifs is 1. The Morgan fingerprint density at radius 2 is 2.00 bits per heavy atom. The molecule has 5 heteroatoms. The van der Waals surface area contributed by atoms with Crippen molar-refractivity contribution in [3.05, 3.63) is 59.7 Å². The number of halogens is 1. The van der Waals surface area contributed by atoms with Crippen LogP contribution in [0.25, 0.3) is 11.0 Å². The molecule has 0 saturated carbocycles. The minimum Gasteiger partial charge on any atom is -0.381 e. The third-order valence-corrected chi connectivity index (χ3v) is 6.00. The maximum Gasteiger partial charge on any atom is 0.142 e. The molecule has 0 spiro atoms. The number of nitrogens with zero attached hydrogens (tertiary/aromatic N) is 1. The minimum absolute atomic E-state index is 0.256. The first kappa shape index (κ1) is 17.6. The van der Waals surface area contributed by atoms with Crippen LogP contribution in [0.4, 0.5) is 4.39 Å². The van der Waals surface area contributed by atoms with Crippen LogP contribution in [0.15, 0.2) is 47.5 Å². The first-order chi connectivity index (χ1) is 12.7. The topological polar surface area (TPSA) is 37.9 Å². The van der Waals surface area contributed by atoms with E-state index in [4.69, 9.17) is 4.74 Å². The molecule has 3 heterocycles. The second-order valence-corrected chi connectivity index (χ2v) is 7.81. The van der Waals surface area contributed by atoms with Gasteiger partial charge in [0.15, 0.2) is 0 Å². The lowest BCUT2D eigenvalue weighted by atomic mass is 9.83. The van der Waals surface area contributed by atoms with Gasteiger partial charge in [0.05, 0.1) is 6.20 Å². The van der Waals surface area contributed by atoms with E-state index in [2.05, 4.69) is 46.6 Å². The molecule has 0 bridgehead atoms. The third-order valence-electron chi connectivity index (χ3n) is 5.26. The Hall–Kier alpha value is -1.85. The van der Waals surface area contributed by atoms with Crippen molar-refractivity contribution in [1.29, 1.82) is 0 Å². The summed E-state index contributed by atoms with van der Waals surface area (Å²) >= 11 is 1.75.